The fourth-order valence-corrected chi connectivity index (χ4v) is 5.71. The van der Waals surface area contributed by atoms with Crippen LogP contribution in [0.1, 0.15) is 68.5 Å². The number of halogens is 1. The number of rotatable bonds is 6. The molecule has 8 nitrogen and oxygen atoms in total. The van der Waals surface area contributed by atoms with Crippen LogP contribution in [0.5, 0.6) is 17.2 Å². The largest absolute Gasteiger partial charge is 0.507 e. The third kappa shape index (κ3) is 4.17. The SMILES string of the molecule is COC(=O)C[C@@H](c1ccc(Br)s1)c1c(O)c(C(C)=O)cc([C@@H]2OCc3cnc(C)c(O)c32)c1O. The van der Waals surface area contributed by atoms with Crippen LogP contribution in [0.3, 0.4) is 0 Å². The number of hydrogen-bond acceptors (Lipinski definition) is 9. The number of aryl methyl sites for hydroxylation is 1. The van der Waals surface area contributed by atoms with E-state index in [1.54, 1.807) is 25.3 Å². The molecule has 0 saturated heterocycles. The van der Waals surface area contributed by atoms with Crippen LogP contribution in [0.2, 0.25) is 0 Å². The zero-order valence-electron chi connectivity index (χ0n) is 18.6. The number of nitrogens with zero attached hydrogens (tertiary/aromatic N) is 1. The predicted molar refractivity (Wildman–Crippen MR) is 128 cm³/mol. The smallest absolute Gasteiger partial charge is 0.306 e. The van der Waals surface area contributed by atoms with Crippen LogP contribution in [-0.4, -0.2) is 39.2 Å². The molecule has 1 aliphatic heterocycles. The first-order chi connectivity index (χ1) is 16.1. The van der Waals surface area contributed by atoms with Gasteiger partial charge in [0.1, 0.15) is 23.4 Å². The standard InChI is InChI=1S/C24H22BrNO7S/c1-10-21(29)19-12(8-26-10)9-33-24(19)15-6-13(11(2)27)22(30)20(23(15)31)14(7-18(28)32-3)16-4-5-17(25)34-16/h4-6,8,14,24,29-31H,7,9H2,1-3H3/t14-,24-/m0/s1. The number of ether oxygens (including phenoxy) is 2. The minimum absolute atomic E-state index is 0.0183. The number of pyridine rings is 1. The Hall–Kier alpha value is -2.95. The minimum atomic E-state index is -0.900. The maximum Gasteiger partial charge on any atom is 0.306 e. The summed E-state index contributed by atoms with van der Waals surface area (Å²) in [6, 6.07) is 4.92. The number of carbonyl (C=O) groups is 2. The summed E-state index contributed by atoms with van der Waals surface area (Å²) < 4.78 is 11.5. The van der Waals surface area contributed by atoms with E-state index in [-0.39, 0.29) is 41.2 Å². The number of thiophene rings is 1. The van der Waals surface area contributed by atoms with Gasteiger partial charge in [-0.2, -0.15) is 0 Å². The van der Waals surface area contributed by atoms with Gasteiger partial charge in [0.2, 0.25) is 0 Å². The van der Waals surface area contributed by atoms with Gasteiger partial charge in [-0.25, -0.2) is 0 Å². The quantitative estimate of drug-likeness (QED) is 0.295. The molecule has 1 aliphatic rings. The first kappa shape index (κ1) is 24.2. The Morgan fingerprint density at radius 1 is 1.26 bits per heavy atom. The highest BCUT2D eigenvalue weighted by Gasteiger charge is 2.36. The van der Waals surface area contributed by atoms with Crippen molar-refractivity contribution in [2.75, 3.05) is 7.11 Å². The summed E-state index contributed by atoms with van der Waals surface area (Å²) in [7, 11) is 1.25. The monoisotopic (exact) mass is 547 g/mol. The van der Waals surface area contributed by atoms with Gasteiger partial charge in [0.05, 0.1) is 35.2 Å². The number of hydrogen-bond donors (Lipinski definition) is 3. The lowest BCUT2D eigenvalue weighted by molar-refractivity contribution is -0.140. The number of aromatic nitrogens is 1. The van der Waals surface area contributed by atoms with Crippen molar-refractivity contribution in [1.82, 2.24) is 4.98 Å². The Kier molecular flexibility index (Phi) is 6.66. The van der Waals surface area contributed by atoms with E-state index < -0.39 is 29.5 Å². The van der Waals surface area contributed by atoms with E-state index in [0.717, 1.165) is 3.79 Å². The van der Waals surface area contributed by atoms with Gasteiger partial charge in [-0.1, -0.05) is 0 Å². The Labute approximate surface area is 207 Å². The third-order valence-corrected chi connectivity index (χ3v) is 7.65. The number of ketones is 1. The van der Waals surface area contributed by atoms with Crippen molar-refractivity contribution in [1.29, 1.82) is 0 Å². The van der Waals surface area contributed by atoms with Crippen molar-refractivity contribution in [3.63, 3.8) is 0 Å². The maximum atomic E-state index is 12.5. The molecule has 0 fully saturated rings. The third-order valence-electron chi connectivity index (χ3n) is 5.91. The summed E-state index contributed by atoms with van der Waals surface area (Å²) in [6.45, 7) is 3.09. The molecule has 1 aromatic carbocycles. The van der Waals surface area contributed by atoms with Crippen LogP contribution in [-0.2, 0) is 20.9 Å². The summed E-state index contributed by atoms with van der Waals surface area (Å²) in [5, 5.41) is 33.2. The average molecular weight is 548 g/mol. The van der Waals surface area contributed by atoms with Crippen LogP contribution in [0.4, 0.5) is 0 Å². The Morgan fingerprint density at radius 2 is 2.00 bits per heavy atom. The fourth-order valence-electron chi connectivity index (χ4n) is 4.18. The molecule has 10 heteroatoms. The number of aromatic hydroxyl groups is 3. The lowest BCUT2D eigenvalue weighted by Crippen LogP contribution is -2.13. The normalized spacial score (nSPS) is 15.7. The van der Waals surface area contributed by atoms with Crippen molar-refractivity contribution in [2.24, 2.45) is 0 Å². The molecule has 178 valence electrons. The van der Waals surface area contributed by atoms with Crippen molar-refractivity contribution in [3.05, 3.63) is 66.6 Å². The molecule has 2 atom stereocenters. The lowest BCUT2D eigenvalue weighted by Gasteiger charge is -2.23. The Balaban J connectivity index is 1.97. The highest BCUT2D eigenvalue weighted by atomic mass is 79.9. The van der Waals surface area contributed by atoms with Gasteiger partial charge in [-0.3, -0.25) is 14.6 Å². The van der Waals surface area contributed by atoms with E-state index in [1.165, 1.54) is 31.4 Å². The molecule has 0 aliphatic carbocycles. The van der Waals surface area contributed by atoms with E-state index >= 15 is 0 Å². The Morgan fingerprint density at radius 3 is 2.62 bits per heavy atom. The number of phenolic OH excluding ortho intramolecular Hbond substituents is 2. The molecular formula is C24H22BrNO7S. The van der Waals surface area contributed by atoms with Crippen LogP contribution in [0.15, 0.2) is 28.2 Å². The molecule has 3 heterocycles. The van der Waals surface area contributed by atoms with Crippen molar-refractivity contribution >= 4 is 39.0 Å². The fraction of sp³-hybridized carbons (Fsp3) is 0.292. The molecule has 0 radical (unpaired) electrons. The van der Waals surface area contributed by atoms with Crippen molar-refractivity contribution in [2.45, 2.75) is 38.9 Å². The molecular weight excluding hydrogens is 526 g/mol. The van der Waals surface area contributed by atoms with Gasteiger partial charge in [0.15, 0.2) is 5.78 Å². The number of Topliss-reactive ketones (excluding diaryl/α,β-unsaturated/α-hetero) is 1. The molecule has 0 unspecified atom stereocenters. The second-order valence-electron chi connectivity index (χ2n) is 7.98. The average Bonchev–Trinajstić information content (AvgIpc) is 3.42. The molecule has 3 N–H and O–H groups in total. The summed E-state index contributed by atoms with van der Waals surface area (Å²) in [4.78, 5) is 29.6. The Bertz CT molecular complexity index is 1300. The molecule has 0 bridgehead atoms. The van der Waals surface area contributed by atoms with E-state index in [1.807, 2.05) is 0 Å². The molecule has 3 aromatic rings. The van der Waals surface area contributed by atoms with Gasteiger partial charge < -0.3 is 24.8 Å². The van der Waals surface area contributed by atoms with Gasteiger partial charge >= 0.3 is 5.97 Å². The summed E-state index contributed by atoms with van der Waals surface area (Å²) >= 11 is 4.73. The van der Waals surface area contributed by atoms with Crippen LogP contribution >= 0.6 is 27.3 Å². The van der Waals surface area contributed by atoms with E-state index in [9.17, 15) is 24.9 Å². The summed E-state index contributed by atoms with van der Waals surface area (Å²) in [5.41, 5.74) is 1.67. The predicted octanol–water partition coefficient (Wildman–Crippen LogP) is 4.85. The number of esters is 1. The number of methoxy groups -OCH3 is 1. The number of carbonyl (C=O) groups excluding carboxylic acids is 2. The highest BCUT2D eigenvalue weighted by molar-refractivity contribution is 9.11. The van der Waals surface area contributed by atoms with E-state index in [4.69, 9.17) is 9.47 Å². The zero-order valence-corrected chi connectivity index (χ0v) is 21.0. The van der Waals surface area contributed by atoms with Gasteiger partial charge in [0.25, 0.3) is 0 Å². The summed E-state index contributed by atoms with van der Waals surface area (Å²) in [5.74, 6) is -2.59. The molecule has 2 aromatic heterocycles. The molecule has 0 amide bonds. The van der Waals surface area contributed by atoms with E-state index in [0.29, 0.717) is 21.7 Å². The first-order valence-electron chi connectivity index (χ1n) is 10.3. The van der Waals surface area contributed by atoms with Crippen molar-refractivity contribution < 1.29 is 34.4 Å². The zero-order chi connectivity index (χ0) is 24.7. The number of fused-ring (bicyclic) bond motifs is 1. The van der Waals surface area contributed by atoms with Crippen molar-refractivity contribution in [3.8, 4) is 17.2 Å². The van der Waals surface area contributed by atoms with Gasteiger partial charge in [-0.15, -0.1) is 11.3 Å². The molecule has 34 heavy (non-hydrogen) atoms. The highest BCUT2D eigenvalue weighted by Crippen LogP contribution is 2.51. The molecule has 0 spiro atoms. The lowest BCUT2D eigenvalue weighted by atomic mass is 9.85. The first-order valence-corrected chi connectivity index (χ1v) is 12.0. The topological polar surface area (TPSA) is 126 Å². The minimum Gasteiger partial charge on any atom is -0.507 e. The van der Waals surface area contributed by atoms with Gasteiger partial charge in [-0.05, 0) is 48.0 Å². The molecule has 4 rings (SSSR count). The number of benzene rings is 1. The molecule has 0 saturated carbocycles. The van der Waals surface area contributed by atoms with Crippen LogP contribution in [0, 0.1) is 6.92 Å². The van der Waals surface area contributed by atoms with Crippen LogP contribution < -0.4 is 0 Å². The maximum absolute atomic E-state index is 12.5. The van der Waals surface area contributed by atoms with E-state index in [2.05, 4.69) is 20.9 Å². The number of phenols is 2. The van der Waals surface area contributed by atoms with Crippen LogP contribution in [0.25, 0.3) is 0 Å². The van der Waals surface area contributed by atoms with Gasteiger partial charge in [0, 0.05) is 39.2 Å². The second kappa shape index (κ2) is 9.36. The summed E-state index contributed by atoms with van der Waals surface area (Å²) in [6.07, 6.45) is 0.516. The second-order valence-corrected chi connectivity index (χ2v) is 10.5.